The summed E-state index contributed by atoms with van der Waals surface area (Å²) in [6.45, 7) is 3.38. The van der Waals surface area contributed by atoms with E-state index in [1.165, 1.54) is 13.0 Å². The van der Waals surface area contributed by atoms with Crippen LogP contribution in [0.1, 0.15) is 80.5 Å². The highest BCUT2D eigenvalue weighted by Crippen LogP contribution is 2.48. The number of halogens is 8. The third kappa shape index (κ3) is 5.19. The van der Waals surface area contributed by atoms with E-state index in [2.05, 4.69) is 6.92 Å². The van der Waals surface area contributed by atoms with E-state index < -0.39 is 51.8 Å². The fourth-order valence-corrected chi connectivity index (χ4v) is 5.04. The van der Waals surface area contributed by atoms with Crippen molar-refractivity contribution < 1.29 is 35.1 Å². The molecular weight excluding hydrogens is 452 g/mol. The van der Waals surface area contributed by atoms with Crippen molar-refractivity contribution in [3.05, 3.63) is 58.2 Å². The lowest BCUT2D eigenvalue weighted by Crippen LogP contribution is -2.20. The van der Waals surface area contributed by atoms with Gasteiger partial charge in [0, 0.05) is 5.56 Å². The molecule has 0 aliphatic heterocycles. The van der Waals surface area contributed by atoms with E-state index in [9.17, 15) is 26.3 Å². The van der Waals surface area contributed by atoms with Crippen molar-refractivity contribution >= 4 is 0 Å². The molecule has 0 unspecified atom stereocenters. The SMILES string of the molecule is CCCC1CCC(c2ccc(-c3ccc(CC)c(C(F)(F)F)c3C(F)(F)F)c(F)c2F)CC1. The van der Waals surface area contributed by atoms with Crippen molar-refractivity contribution in [3.8, 4) is 11.1 Å². The van der Waals surface area contributed by atoms with Gasteiger partial charge in [-0.15, -0.1) is 0 Å². The van der Waals surface area contributed by atoms with E-state index in [1.54, 1.807) is 0 Å². The van der Waals surface area contributed by atoms with Gasteiger partial charge in [0.1, 0.15) is 0 Å². The minimum Gasteiger partial charge on any atom is -0.203 e. The Morgan fingerprint density at radius 1 is 0.727 bits per heavy atom. The summed E-state index contributed by atoms with van der Waals surface area (Å²) < 4.78 is 112. The van der Waals surface area contributed by atoms with Crippen LogP contribution in [0.4, 0.5) is 35.1 Å². The summed E-state index contributed by atoms with van der Waals surface area (Å²) in [4.78, 5) is 0. The maximum absolute atomic E-state index is 15.1. The Hall–Kier alpha value is -2.12. The minimum atomic E-state index is -5.41. The van der Waals surface area contributed by atoms with E-state index in [0.717, 1.165) is 43.9 Å². The molecule has 0 amide bonds. The van der Waals surface area contributed by atoms with Crippen LogP contribution in [-0.4, -0.2) is 0 Å². The highest BCUT2D eigenvalue weighted by atomic mass is 19.4. The molecule has 0 aromatic heterocycles. The molecule has 3 rings (SSSR count). The Balaban J connectivity index is 2.10. The first-order valence-electron chi connectivity index (χ1n) is 11.2. The van der Waals surface area contributed by atoms with Crippen molar-refractivity contribution in [2.75, 3.05) is 0 Å². The Morgan fingerprint density at radius 2 is 1.30 bits per heavy atom. The maximum atomic E-state index is 15.1. The zero-order chi connectivity index (χ0) is 24.6. The molecular formula is C25H26F8. The molecule has 0 saturated heterocycles. The summed E-state index contributed by atoms with van der Waals surface area (Å²) in [5.41, 5.74) is -6.16. The van der Waals surface area contributed by atoms with Gasteiger partial charge >= 0.3 is 12.4 Å². The summed E-state index contributed by atoms with van der Waals surface area (Å²) in [6, 6.07) is 3.89. The van der Waals surface area contributed by atoms with Crippen molar-refractivity contribution in [3.63, 3.8) is 0 Å². The van der Waals surface area contributed by atoms with Gasteiger partial charge in [-0.25, -0.2) is 8.78 Å². The van der Waals surface area contributed by atoms with Gasteiger partial charge in [-0.2, -0.15) is 26.3 Å². The molecule has 0 spiro atoms. The lowest BCUT2D eigenvalue weighted by atomic mass is 9.77. The molecule has 1 aliphatic carbocycles. The van der Waals surface area contributed by atoms with Crippen LogP contribution >= 0.6 is 0 Å². The maximum Gasteiger partial charge on any atom is 0.417 e. The predicted octanol–water partition coefficient (Wildman–Crippen LogP) is 9.31. The van der Waals surface area contributed by atoms with E-state index in [0.29, 0.717) is 18.8 Å². The van der Waals surface area contributed by atoms with Gasteiger partial charge < -0.3 is 0 Å². The van der Waals surface area contributed by atoms with Gasteiger partial charge in [0.05, 0.1) is 11.1 Å². The van der Waals surface area contributed by atoms with Crippen LogP contribution in [0, 0.1) is 17.6 Å². The largest absolute Gasteiger partial charge is 0.417 e. The number of hydrogen-bond donors (Lipinski definition) is 0. The standard InChI is InChI=1S/C25H26F8/c1-3-5-14-6-8-16(9-7-14)17-12-13-19(23(27)22(17)26)18-11-10-15(4-2)20(24(28,29)30)21(18)25(31,32)33/h10-14,16H,3-9H2,1-2H3. The Labute approximate surface area is 188 Å². The molecule has 2 aromatic rings. The smallest absolute Gasteiger partial charge is 0.203 e. The zero-order valence-electron chi connectivity index (χ0n) is 18.4. The molecule has 1 fully saturated rings. The third-order valence-electron chi connectivity index (χ3n) is 6.63. The average molecular weight is 478 g/mol. The molecule has 0 atom stereocenters. The minimum absolute atomic E-state index is 0.0704. The predicted molar refractivity (Wildman–Crippen MR) is 111 cm³/mol. The summed E-state index contributed by atoms with van der Waals surface area (Å²) >= 11 is 0. The molecule has 0 bridgehead atoms. The Kier molecular flexibility index (Phi) is 7.44. The third-order valence-corrected chi connectivity index (χ3v) is 6.63. The van der Waals surface area contributed by atoms with E-state index >= 15 is 8.78 Å². The van der Waals surface area contributed by atoms with Crippen molar-refractivity contribution in [2.45, 2.75) is 77.1 Å². The number of benzene rings is 2. The highest BCUT2D eigenvalue weighted by molar-refractivity contribution is 5.72. The Morgan fingerprint density at radius 3 is 1.82 bits per heavy atom. The summed E-state index contributed by atoms with van der Waals surface area (Å²) in [5, 5.41) is 0. The first-order valence-corrected chi connectivity index (χ1v) is 11.2. The van der Waals surface area contributed by atoms with Crippen LogP contribution in [0.5, 0.6) is 0 Å². The summed E-state index contributed by atoms with van der Waals surface area (Å²) in [5.74, 6) is -2.58. The van der Waals surface area contributed by atoms with Crippen LogP contribution in [0.25, 0.3) is 11.1 Å². The second-order valence-corrected chi connectivity index (χ2v) is 8.71. The lowest BCUT2D eigenvalue weighted by Gasteiger charge is -2.29. The van der Waals surface area contributed by atoms with Crippen LogP contribution in [0.15, 0.2) is 24.3 Å². The molecule has 1 saturated carbocycles. The van der Waals surface area contributed by atoms with Crippen LogP contribution < -0.4 is 0 Å². The fourth-order valence-electron chi connectivity index (χ4n) is 5.04. The Bertz CT molecular complexity index is 979. The normalized spacial score (nSPS) is 19.7. The van der Waals surface area contributed by atoms with Crippen molar-refractivity contribution in [1.29, 1.82) is 0 Å². The fraction of sp³-hybridized carbons (Fsp3) is 0.520. The van der Waals surface area contributed by atoms with Gasteiger partial charge in [-0.3, -0.25) is 0 Å². The van der Waals surface area contributed by atoms with E-state index in [-0.39, 0.29) is 17.9 Å². The second-order valence-electron chi connectivity index (χ2n) is 8.71. The van der Waals surface area contributed by atoms with Crippen molar-refractivity contribution in [2.24, 2.45) is 5.92 Å². The lowest BCUT2D eigenvalue weighted by molar-refractivity contribution is -0.162. The second kappa shape index (κ2) is 9.63. The molecule has 182 valence electrons. The first-order chi connectivity index (χ1) is 15.4. The van der Waals surface area contributed by atoms with Gasteiger partial charge in [0.25, 0.3) is 0 Å². The zero-order valence-corrected chi connectivity index (χ0v) is 18.4. The number of alkyl halides is 6. The van der Waals surface area contributed by atoms with Crippen molar-refractivity contribution in [1.82, 2.24) is 0 Å². The molecule has 0 N–H and O–H groups in total. The molecule has 0 radical (unpaired) electrons. The monoisotopic (exact) mass is 478 g/mol. The summed E-state index contributed by atoms with van der Waals surface area (Å²) in [6.07, 6.45) is -5.95. The van der Waals surface area contributed by atoms with Crippen LogP contribution in [0.2, 0.25) is 0 Å². The quantitative estimate of drug-likeness (QED) is 0.376. The van der Waals surface area contributed by atoms with Crippen LogP contribution in [0.3, 0.4) is 0 Å². The van der Waals surface area contributed by atoms with Gasteiger partial charge in [0.15, 0.2) is 11.6 Å². The topological polar surface area (TPSA) is 0 Å². The number of rotatable bonds is 5. The summed E-state index contributed by atoms with van der Waals surface area (Å²) in [7, 11) is 0. The van der Waals surface area contributed by atoms with Gasteiger partial charge in [-0.05, 0) is 60.6 Å². The number of hydrogen-bond acceptors (Lipinski definition) is 0. The van der Waals surface area contributed by atoms with Crippen LogP contribution in [-0.2, 0) is 18.8 Å². The molecule has 8 heteroatoms. The molecule has 0 nitrogen and oxygen atoms in total. The van der Waals surface area contributed by atoms with E-state index in [4.69, 9.17) is 0 Å². The average Bonchev–Trinajstić information content (AvgIpc) is 2.74. The molecule has 33 heavy (non-hydrogen) atoms. The van der Waals surface area contributed by atoms with E-state index in [1.807, 2.05) is 0 Å². The first kappa shape index (κ1) is 25.5. The molecule has 2 aromatic carbocycles. The molecule has 0 heterocycles. The van der Waals surface area contributed by atoms with Gasteiger partial charge in [0.2, 0.25) is 0 Å². The number of aryl methyl sites for hydroxylation is 1. The highest BCUT2D eigenvalue weighted by Gasteiger charge is 2.46. The molecule has 1 aliphatic rings. The van der Waals surface area contributed by atoms with Gasteiger partial charge in [-0.1, -0.05) is 51.0 Å².